The molecule has 0 saturated carbocycles. The van der Waals surface area contributed by atoms with Crippen LogP contribution in [0, 0.1) is 5.82 Å². The zero-order chi connectivity index (χ0) is 15.6. The van der Waals surface area contributed by atoms with Crippen LogP contribution in [-0.2, 0) is 0 Å². The molecule has 0 N–H and O–H groups in total. The third-order valence-corrected chi connectivity index (χ3v) is 3.62. The number of carbonyl (C=O) groups excluding carboxylic acids is 1. The van der Waals surface area contributed by atoms with Gasteiger partial charge in [-0.3, -0.25) is 4.79 Å². The van der Waals surface area contributed by atoms with Gasteiger partial charge in [-0.05, 0) is 37.3 Å². The predicted octanol–water partition coefficient (Wildman–Crippen LogP) is 5.44. The van der Waals surface area contributed by atoms with Gasteiger partial charge in [-0.2, -0.15) is 0 Å². The van der Waals surface area contributed by atoms with Crippen LogP contribution < -0.4 is 4.74 Å². The molecule has 2 aromatic rings. The van der Waals surface area contributed by atoms with Gasteiger partial charge in [0.15, 0.2) is 6.10 Å². The van der Waals surface area contributed by atoms with Crippen molar-refractivity contribution in [3.8, 4) is 5.75 Å². The summed E-state index contributed by atoms with van der Waals surface area (Å²) in [7, 11) is 0. The maximum atomic E-state index is 13.3. The zero-order valence-electron chi connectivity index (χ0n) is 10.9. The molecule has 0 amide bonds. The van der Waals surface area contributed by atoms with Crippen LogP contribution in [0.5, 0.6) is 5.75 Å². The molecule has 0 aliphatic heterocycles. The van der Waals surface area contributed by atoms with Crippen LogP contribution >= 0.6 is 34.8 Å². The Morgan fingerprint density at radius 1 is 1.10 bits per heavy atom. The Kier molecular flexibility index (Phi) is 5.09. The third kappa shape index (κ3) is 3.88. The quantitative estimate of drug-likeness (QED) is 0.689. The van der Waals surface area contributed by atoms with Gasteiger partial charge < -0.3 is 4.74 Å². The summed E-state index contributed by atoms with van der Waals surface area (Å²) in [4.78, 5) is 12.3. The van der Waals surface area contributed by atoms with E-state index in [1.54, 1.807) is 13.0 Å². The largest absolute Gasteiger partial charge is 0.482 e. The van der Waals surface area contributed by atoms with Gasteiger partial charge in [0.05, 0.1) is 10.0 Å². The van der Waals surface area contributed by atoms with Gasteiger partial charge in [0.1, 0.15) is 11.6 Å². The smallest absolute Gasteiger partial charge is 0.204 e. The fraction of sp³-hybridized carbons (Fsp3) is 0.133. The number of carbonyl (C=O) groups is 1. The van der Waals surface area contributed by atoms with Crippen molar-refractivity contribution in [2.75, 3.05) is 0 Å². The van der Waals surface area contributed by atoms with E-state index < -0.39 is 11.9 Å². The van der Waals surface area contributed by atoms with Gasteiger partial charge in [0, 0.05) is 16.7 Å². The van der Waals surface area contributed by atoms with E-state index in [2.05, 4.69) is 0 Å². The van der Waals surface area contributed by atoms with Crippen LogP contribution in [0.1, 0.15) is 17.3 Å². The van der Waals surface area contributed by atoms with Gasteiger partial charge >= 0.3 is 0 Å². The summed E-state index contributed by atoms with van der Waals surface area (Å²) < 4.78 is 18.7. The highest BCUT2D eigenvalue weighted by Crippen LogP contribution is 2.25. The van der Waals surface area contributed by atoms with E-state index in [1.165, 1.54) is 24.3 Å². The molecule has 0 heterocycles. The summed E-state index contributed by atoms with van der Waals surface area (Å²) in [5, 5.41) is 0.664. The maximum absolute atomic E-state index is 13.3. The van der Waals surface area contributed by atoms with Crippen molar-refractivity contribution in [2.24, 2.45) is 0 Å². The van der Waals surface area contributed by atoms with Gasteiger partial charge in [-0.1, -0.05) is 34.8 Å². The Hall–Kier alpha value is -1.29. The number of hydrogen-bond acceptors (Lipinski definition) is 2. The Morgan fingerprint density at radius 3 is 2.43 bits per heavy atom. The van der Waals surface area contributed by atoms with E-state index in [9.17, 15) is 9.18 Å². The van der Waals surface area contributed by atoms with E-state index in [4.69, 9.17) is 39.5 Å². The maximum Gasteiger partial charge on any atom is 0.204 e. The standard InChI is InChI=1S/C15H10Cl3FO2/c1-8(21-10-3-5-12(17)14(19)7-10)15(20)11-4-2-9(16)6-13(11)18/h2-8H,1H3. The van der Waals surface area contributed by atoms with E-state index in [-0.39, 0.29) is 21.6 Å². The lowest BCUT2D eigenvalue weighted by atomic mass is 10.1. The molecule has 0 radical (unpaired) electrons. The van der Waals surface area contributed by atoms with Gasteiger partial charge in [0.25, 0.3) is 0 Å². The lowest BCUT2D eigenvalue weighted by Gasteiger charge is -2.14. The number of benzene rings is 2. The molecular formula is C15H10Cl3FO2. The Morgan fingerprint density at radius 2 is 1.81 bits per heavy atom. The average Bonchev–Trinajstić information content (AvgIpc) is 2.42. The molecule has 110 valence electrons. The number of ketones is 1. The molecule has 2 rings (SSSR count). The third-order valence-electron chi connectivity index (χ3n) is 2.77. The number of rotatable bonds is 4. The SMILES string of the molecule is CC(Oc1ccc(Cl)c(F)c1)C(=O)c1ccc(Cl)cc1Cl. The highest BCUT2D eigenvalue weighted by Gasteiger charge is 2.20. The van der Waals surface area contributed by atoms with Crippen LogP contribution in [0.2, 0.25) is 15.1 Å². The molecule has 21 heavy (non-hydrogen) atoms. The molecule has 0 fully saturated rings. The zero-order valence-corrected chi connectivity index (χ0v) is 13.1. The van der Waals surface area contributed by atoms with Crippen LogP contribution in [0.15, 0.2) is 36.4 Å². The van der Waals surface area contributed by atoms with Crippen LogP contribution in [-0.4, -0.2) is 11.9 Å². The first-order valence-corrected chi connectivity index (χ1v) is 7.13. The normalized spacial score (nSPS) is 12.0. The molecular weight excluding hydrogens is 338 g/mol. The minimum atomic E-state index is -0.829. The number of Topliss-reactive ketones (excluding diaryl/α,β-unsaturated/α-hetero) is 1. The van der Waals surface area contributed by atoms with Gasteiger partial charge in [-0.15, -0.1) is 0 Å². The average molecular weight is 348 g/mol. The second kappa shape index (κ2) is 6.65. The second-order valence-corrected chi connectivity index (χ2v) is 5.58. The van der Waals surface area contributed by atoms with Crippen LogP contribution in [0.4, 0.5) is 4.39 Å². The summed E-state index contributed by atoms with van der Waals surface area (Å²) in [5.41, 5.74) is 0.294. The fourth-order valence-corrected chi connectivity index (χ4v) is 2.34. The van der Waals surface area contributed by atoms with E-state index >= 15 is 0 Å². The first-order chi connectivity index (χ1) is 9.88. The topological polar surface area (TPSA) is 26.3 Å². The van der Waals surface area contributed by atoms with Gasteiger partial charge in [0.2, 0.25) is 5.78 Å². The lowest BCUT2D eigenvalue weighted by Crippen LogP contribution is -2.24. The van der Waals surface area contributed by atoms with Crippen molar-refractivity contribution >= 4 is 40.6 Å². The molecule has 0 bridgehead atoms. The van der Waals surface area contributed by atoms with E-state index in [0.717, 1.165) is 6.07 Å². The second-order valence-electron chi connectivity index (χ2n) is 4.32. The van der Waals surface area contributed by atoms with Crippen molar-refractivity contribution < 1.29 is 13.9 Å². The Bertz CT molecular complexity index is 689. The Balaban J connectivity index is 2.17. The van der Waals surface area contributed by atoms with Crippen molar-refractivity contribution in [1.29, 1.82) is 0 Å². The lowest BCUT2D eigenvalue weighted by molar-refractivity contribution is 0.0817. The minimum absolute atomic E-state index is 0.0120. The van der Waals surface area contributed by atoms with Crippen molar-refractivity contribution in [2.45, 2.75) is 13.0 Å². The number of hydrogen-bond donors (Lipinski definition) is 0. The minimum Gasteiger partial charge on any atom is -0.482 e. The molecule has 0 aromatic heterocycles. The summed E-state index contributed by atoms with van der Waals surface area (Å²) in [6.07, 6.45) is -0.829. The molecule has 6 heteroatoms. The first kappa shape index (κ1) is 16.1. The first-order valence-electron chi connectivity index (χ1n) is 5.99. The Labute approximate surface area is 136 Å². The summed E-state index contributed by atoms with van der Waals surface area (Å²) in [6.45, 7) is 1.56. The van der Waals surface area contributed by atoms with Crippen molar-refractivity contribution in [1.82, 2.24) is 0 Å². The van der Waals surface area contributed by atoms with Crippen molar-refractivity contribution in [3.05, 3.63) is 62.8 Å². The van der Waals surface area contributed by atoms with Crippen LogP contribution in [0.25, 0.3) is 0 Å². The van der Waals surface area contributed by atoms with Crippen LogP contribution in [0.3, 0.4) is 0 Å². The highest BCUT2D eigenvalue weighted by atomic mass is 35.5. The fourth-order valence-electron chi connectivity index (χ4n) is 1.72. The van der Waals surface area contributed by atoms with E-state index in [1.807, 2.05) is 0 Å². The summed E-state index contributed by atoms with van der Waals surface area (Å²) in [5.74, 6) is -0.729. The molecule has 2 aromatic carbocycles. The molecule has 1 atom stereocenters. The predicted molar refractivity (Wildman–Crippen MR) is 82.3 cm³/mol. The molecule has 0 aliphatic carbocycles. The number of halogens is 4. The molecule has 2 nitrogen and oxygen atoms in total. The monoisotopic (exact) mass is 346 g/mol. The molecule has 0 spiro atoms. The molecule has 0 aliphatic rings. The molecule has 0 saturated heterocycles. The number of ether oxygens (including phenoxy) is 1. The highest BCUT2D eigenvalue weighted by molar-refractivity contribution is 6.37. The van der Waals surface area contributed by atoms with Crippen molar-refractivity contribution in [3.63, 3.8) is 0 Å². The summed E-state index contributed by atoms with van der Waals surface area (Å²) >= 11 is 17.3. The molecule has 1 unspecified atom stereocenters. The summed E-state index contributed by atoms with van der Waals surface area (Å²) in [6, 6.07) is 8.53. The van der Waals surface area contributed by atoms with Gasteiger partial charge in [-0.25, -0.2) is 4.39 Å². The van der Waals surface area contributed by atoms with E-state index in [0.29, 0.717) is 10.6 Å².